The number of H-pyrrole nitrogens is 2. The molecule has 0 aliphatic rings. The van der Waals surface area contributed by atoms with Gasteiger partial charge in [0.05, 0.1) is 32.9 Å². The topological polar surface area (TPSA) is 105 Å². The number of aromatic nitrogens is 3. The summed E-state index contributed by atoms with van der Waals surface area (Å²) in [7, 11) is 0. The number of nitrogens with one attached hydrogen (secondary N) is 2. The van der Waals surface area contributed by atoms with Crippen LogP contribution >= 0.6 is 0 Å². The number of pyridine rings is 1. The highest BCUT2D eigenvalue weighted by molar-refractivity contribution is 6.09. The number of fused-ring (bicyclic) bond motifs is 4. The highest BCUT2D eigenvalue weighted by atomic mass is 19.1. The average molecular weight is 298 g/mol. The molecule has 22 heavy (non-hydrogen) atoms. The number of hydrogen-bond donors (Lipinski definition) is 2. The monoisotopic (exact) mass is 298 g/mol. The van der Waals surface area contributed by atoms with Gasteiger partial charge in [0.15, 0.2) is 0 Å². The van der Waals surface area contributed by atoms with E-state index in [1.54, 1.807) is 12.1 Å². The van der Waals surface area contributed by atoms with Crippen molar-refractivity contribution in [3.63, 3.8) is 0 Å². The Morgan fingerprint density at radius 2 is 1.91 bits per heavy atom. The molecule has 0 spiro atoms. The Bertz CT molecular complexity index is 1150. The van der Waals surface area contributed by atoms with E-state index in [1.807, 2.05) is 0 Å². The van der Waals surface area contributed by atoms with Gasteiger partial charge in [-0.2, -0.15) is 5.10 Å². The fraction of sp³-hybridized carbons (Fsp3) is 0. The van der Waals surface area contributed by atoms with Crippen molar-refractivity contribution >= 4 is 38.4 Å². The summed E-state index contributed by atoms with van der Waals surface area (Å²) in [6, 6.07) is 5.26. The Morgan fingerprint density at radius 1 is 1.14 bits per heavy atom. The van der Waals surface area contributed by atoms with Crippen molar-refractivity contribution in [2.75, 3.05) is 0 Å². The number of nitrogens with zero attached hydrogens (tertiary/aromatic N) is 2. The van der Waals surface area contributed by atoms with Crippen LogP contribution in [0, 0.1) is 15.9 Å². The highest BCUT2D eigenvalue weighted by Gasteiger charge is 2.20. The molecule has 0 atom stereocenters. The molecule has 2 heterocycles. The summed E-state index contributed by atoms with van der Waals surface area (Å²) in [6.45, 7) is 0. The Labute approximate surface area is 120 Å². The molecule has 4 aromatic rings. The maximum Gasteiger partial charge on any atom is 0.293 e. The summed E-state index contributed by atoms with van der Waals surface area (Å²) >= 11 is 0. The molecule has 0 saturated carbocycles. The average Bonchev–Trinajstić information content (AvgIpc) is 2.95. The predicted octanol–water partition coefficient (Wildman–Crippen LogP) is 2.60. The molecule has 0 amide bonds. The fourth-order valence-corrected chi connectivity index (χ4v) is 2.69. The third-order valence-corrected chi connectivity index (χ3v) is 3.67. The van der Waals surface area contributed by atoms with Gasteiger partial charge in [0.1, 0.15) is 11.3 Å². The third kappa shape index (κ3) is 1.48. The van der Waals surface area contributed by atoms with Crippen molar-refractivity contribution in [2.24, 2.45) is 0 Å². The van der Waals surface area contributed by atoms with Crippen LogP contribution in [0.2, 0.25) is 0 Å². The second-order valence-electron chi connectivity index (χ2n) is 4.85. The van der Waals surface area contributed by atoms with Crippen LogP contribution in [0.15, 0.2) is 35.3 Å². The van der Waals surface area contributed by atoms with Gasteiger partial charge in [0.25, 0.3) is 5.69 Å². The molecule has 2 N–H and O–H groups in total. The number of benzene rings is 2. The predicted molar refractivity (Wildman–Crippen MR) is 78.3 cm³/mol. The molecule has 0 unspecified atom stereocenters. The number of hydrogen-bond acceptors (Lipinski definition) is 4. The number of non-ortho nitro benzene ring substituents is 1. The zero-order chi connectivity index (χ0) is 15.4. The van der Waals surface area contributed by atoms with Gasteiger partial charge >= 0.3 is 0 Å². The molecule has 0 aliphatic carbocycles. The van der Waals surface area contributed by atoms with Gasteiger partial charge in [-0.1, -0.05) is 0 Å². The molecule has 0 saturated heterocycles. The van der Waals surface area contributed by atoms with E-state index >= 15 is 0 Å². The molecule has 0 bridgehead atoms. The maximum atomic E-state index is 14.1. The van der Waals surface area contributed by atoms with Crippen LogP contribution in [-0.2, 0) is 0 Å². The van der Waals surface area contributed by atoms with Crippen LogP contribution < -0.4 is 5.43 Å². The number of nitro benzene ring substituents is 1. The zero-order valence-corrected chi connectivity index (χ0v) is 10.9. The van der Waals surface area contributed by atoms with Crippen LogP contribution in [0.3, 0.4) is 0 Å². The first-order valence-corrected chi connectivity index (χ1v) is 6.32. The van der Waals surface area contributed by atoms with E-state index in [0.29, 0.717) is 16.4 Å². The summed E-state index contributed by atoms with van der Waals surface area (Å²) in [5.41, 5.74) is -0.0479. The number of halogens is 1. The Morgan fingerprint density at radius 3 is 2.68 bits per heavy atom. The quantitative estimate of drug-likeness (QED) is 0.320. The van der Waals surface area contributed by atoms with E-state index in [-0.39, 0.29) is 22.0 Å². The smallest absolute Gasteiger partial charge is 0.293 e. The van der Waals surface area contributed by atoms with Crippen LogP contribution in [0.4, 0.5) is 10.1 Å². The normalized spacial score (nSPS) is 11.5. The second-order valence-corrected chi connectivity index (χ2v) is 4.85. The van der Waals surface area contributed by atoms with Gasteiger partial charge in [0.2, 0.25) is 5.43 Å². The largest absolute Gasteiger partial charge is 0.349 e. The number of rotatable bonds is 1. The van der Waals surface area contributed by atoms with Gasteiger partial charge in [0, 0.05) is 11.5 Å². The minimum Gasteiger partial charge on any atom is -0.349 e. The van der Waals surface area contributed by atoms with Crippen LogP contribution in [0.25, 0.3) is 32.7 Å². The van der Waals surface area contributed by atoms with Crippen molar-refractivity contribution in [1.82, 2.24) is 15.2 Å². The molecule has 2 aromatic carbocycles. The molecule has 4 rings (SSSR count). The van der Waals surface area contributed by atoms with Crippen molar-refractivity contribution in [1.29, 1.82) is 0 Å². The van der Waals surface area contributed by atoms with Crippen molar-refractivity contribution in [2.45, 2.75) is 0 Å². The molecule has 0 aliphatic heterocycles. The van der Waals surface area contributed by atoms with E-state index < -0.39 is 16.2 Å². The minimum absolute atomic E-state index is 0.120. The lowest BCUT2D eigenvalue weighted by atomic mass is 10.1. The van der Waals surface area contributed by atoms with Gasteiger partial charge in [-0.3, -0.25) is 20.0 Å². The molecule has 7 nitrogen and oxygen atoms in total. The number of aromatic amines is 2. The minimum atomic E-state index is -0.802. The van der Waals surface area contributed by atoms with Crippen LogP contribution in [0.5, 0.6) is 0 Å². The summed E-state index contributed by atoms with van der Waals surface area (Å²) < 4.78 is 14.1. The Balaban J connectivity index is 2.35. The van der Waals surface area contributed by atoms with Gasteiger partial charge in [-0.25, -0.2) is 4.39 Å². The fourth-order valence-electron chi connectivity index (χ4n) is 2.69. The van der Waals surface area contributed by atoms with Crippen molar-refractivity contribution in [3.8, 4) is 0 Å². The van der Waals surface area contributed by atoms with Crippen molar-refractivity contribution < 1.29 is 9.31 Å². The van der Waals surface area contributed by atoms with E-state index in [1.165, 1.54) is 6.20 Å². The second kappa shape index (κ2) is 4.10. The van der Waals surface area contributed by atoms with E-state index in [9.17, 15) is 19.3 Å². The summed E-state index contributed by atoms with van der Waals surface area (Å²) in [4.78, 5) is 25.9. The van der Waals surface area contributed by atoms with Crippen LogP contribution in [0.1, 0.15) is 0 Å². The molecular weight excluding hydrogens is 291 g/mol. The molecule has 8 heteroatoms. The molecule has 2 aromatic heterocycles. The molecule has 0 fully saturated rings. The summed E-state index contributed by atoms with van der Waals surface area (Å²) in [5.74, 6) is -0.802. The molecular formula is C14H7FN4O3. The zero-order valence-electron chi connectivity index (χ0n) is 10.9. The molecule has 108 valence electrons. The Hall–Kier alpha value is -3.29. The first-order valence-electron chi connectivity index (χ1n) is 6.32. The van der Waals surface area contributed by atoms with E-state index in [4.69, 9.17) is 0 Å². The maximum absolute atomic E-state index is 14.1. The standard InChI is InChI=1S/C14H7FN4O3/c15-7-1-4-10(19(21)22)13-12(7)14(20)11-6-5-16-18-8(6)2-3-9(11)17-13/h1-5H,(H,16,18)(H,17,20). The lowest BCUT2D eigenvalue weighted by Crippen LogP contribution is -2.08. The first kappa shape index (κ1) is 12.5. The SMILES string of the molecule is O=c1c2c(F)ccc([N+](=O)[O-])c2[nH]c2ccc3[nH]ncc3c12. The van der Waals surface area contributed by atoms with Crippen molar-refractivity contribution in [3.05, 3.63) is 56.6 Å². The van der Waals surface area contributed by atoms with E-state index in [0.717, 1.165) is 12.1 Å². The summed E-state index contributed by atoms with van der Waals surface area (Å²) in [5, 5.41) is 18.1. The van der Waals surface area contributed by atoms with Gasteiger partial charge in [-0.05, 0) is 18.2 Å². The summed E-state index contributed by atoms with van der Waals surface area (Å²) in [6.07, 6.45) is 1.47. The third-order valence-electron chi connectivity index (χ3n) is 3.67. The van der Waals surface area contributed by atoms with Gasteiger partial charge < -0.3 is 4.98 Å². The number of nitro groups is 1. The first-order chi connectivity index (χ1) is 10.6. The Kier molecular flexibility index (Phi) is 2.32. The lowest BCUT2D eigenvalue weighted by Gasteiger charge is -2.05. The molecule has 0 radical (unpaired) electrons. The van der Waals surface area contributed by atoms with Gasteiger partial charge in [-0.15, -0.1) is 0 Å². The van der Waals surface area contributed by atoms with E-state index in [2.05, 4.69) is 15.2 Å². The lowest BCUT2D eigenvalue weighted by molar-refractivity contribution is -0.383. The highest BCUT2D eigenvalue weighted by Crippen LogP contribution is 2.28. The van der Waals surface area contributed by atoms with Crippen LogP contribution in [-0.4, -0.2) is 20.1 Å².